The number of aryl methyl sites for hydroxylation is 1. The van der Waals surface area contributed by atoms with Crippen LogP contribution in [0.25, 0.3) is 5.69 Å². The first kappa shape index (κ1) is 14.4. The van der Waals surface area contributed by atoms with Gasteiger partial charge in [-0.25, -0.2) is 0 Å². The van der Waals surface area contributed by atoms with Crippen molar-refractivity contribution in [3.63, 3.8) is 0 Å². The summed E-state index contributed by atoms with van der Waals surface area (Å²) in [6.45, 7) is 1.79. The molecule has 1 N–H and O–H groups in total. The number of thioether (sulfide) groups is 1. The number of hydrogen-bond donors (Lipinski definition) is 1. The van der Waals surface area contributed by atoms with Gasteiger partial charge in [-0.15, -0.1) is 10.2 Å². The minimum atomic E-state index is -0.905. The molecule has 0 saturated heterocycles. The fourth-order valence-electron chi connectivity index (χ4n) is 1.50. The lowest BCUT2D eigenvalue weighted by Gasteiger charge is -2.10. The van der Waals surface area contributed by atoms with Gasteiger partial charge in [-0.1, -0.05) is 39.3 Å². The number of benzene rings is 1. The van der Waals surface area contributed by atoms with E-state index in [4.69, 9.17) is 16.7 Å². The Morgan fingerprint density at radius 2 is 2.26 bits per heavy atom. The molecule has 2 aromatic rings. The van der Waals surface area contributed by atoms with Crippen LogP contribution in [0.4, 0.5) is 0 Å². The second kappa shape index (κ2) is 5.94. The van der Waals surface area contributed by atoms with Crippen molar-refractivity contribution in [2.75, 3.05) is 5.75 Å². The van der Waals surface area contributed by atoms with Crippen molar-refractivity contribution in [3.8, 4) is 5.69 Å². The predicted molar refractivity (Wildman–Crippen MR) is 77.2 cm³/mol. The van der Waals surface area contributed by atoms with Gasteiger partial charge in [0.15, 0.2) is 5.16 Å². The number of nitrogens with zero attached hydrogens (tertiary/aromatic N) is 3. The van der Waals surface area contributed by atoms with Crippen molar-refractivity contribution in [1.29, 1.82) is 0 Å². The monoisotopic (exact) mass is 361 g/mol. The number of rotatable bonds is 4. The van der Waals surface area contributed by atoms with E-state index in [1.54, 1.807) is 17.6 Å². The molecule has 1 aromatic heterocycles. The van der Waals surface area contributed by atoms with Crippen molar-refractivity contribution in [3.05, 3.63) is 33.5 Å². The van der Waals surface area contributed by atoms with Crippen LogP contribution in [0.3, 0.4) is 0 Å². The molecule has 0 aliphatic heterocycles. The summed E-state index contributed by atoms with van der Waals surface area (Å²) in [5.74, 6) is -0.338. The maximum absolute atomic E-state index is 10.6. The molecule has 1 aromatic carbocycles. The Labute approximate surface area is 127 Å². The van der Waals surface area contributed by atoms with Crippen LogP contribution in [-0.4, -0.2) is 31.6 Å². The zero-order valence-corrected chi connectivity index (χ0v) is 13.0. The van der Waals surface area contributed by atoms with Crippen LogP contribution in [0.15, 0.2) is 27.8 Å². The zero-order chi connectivity index (χ0) is 14.0. The standard InChI is InChI=1S/C11H9BrClN3O2S/c1-6-14-15-11(19-5-10(17)18)16(6)9-4-7(12)2-3-8(9)13/h2-4H,5H2,1H3,(H,17,18). The number of aromatic nitrogens is 3. The van der Waals surface area contributed by atoms with Gasteiger partial charge in [-0.05, 0) is 25.1 Å². The molecule has 0 spiro atoms. The molecule has 0 fully saturated rings. The molecule has 0 radical (unpaired) electrons. The van der Waals surface area contributed by atoms with Gasteiger partial charge in [-0.3, -0.25) is 9.36 Å². The average molecular weight is 363 g/mol. The van der Waals surface area contributed by atoms with Crippen LogP contribution >= 0.6 is 39.3 Å². The Hall–Kier alpha value is -1.05. The van der Waals surface area contributed by atoms with Crippen LogP contribution in [0.2, 0.25) is 5.02 Å². The molecule has 1 heterocycles. The molecule has 19 heavy (non-hydrogen) atoms. The molecular formula is C11H9BrClN3O2S. The SMILES string of the molecule is Cc1nnc(SCC(=O)O)n1-c1cc(Br)ccc1Cl. The number of carboxylic acid groups (broad SMARTS) is 1. The molecular weight excluding hydrogens is 354 g/mol. The number of carboxylic acids is 1. The first-order valence-corrected chi connectivity index (χ1v) is 7.36. The molecule has 0 amide bonds. The van der Waals surface area contributed by atoms with Crippen molar-refractivity contribution in [2.45, 2.75) is 12.1 Å². The van der Waals surface area contributed by atoms with E-state index in [2.05, 4.69) is 26.1 Å². The Morgan fingerprint density at radius 1 is 1.53 bits per heavy atom. The summed E-state index contributed by atoms with van der Waals surface area (Å²) >= 11 is 10.7. The van der Waals surface area contributed by atoms with Gasteiger partial charge in [0.1, 0.15) is 5.82 Å². The van der Waals surface area contributed by atoms with E-state index >= 15 is 0 Å². The summed E-state index contributed by atoms with van der Waals surface area (Å²) in [7, 11) is 0. The average Bonchev–Trinajstić information content (AvgIpc) is 2.71. The highest BCUT2D eigenvalue weighted by Crippen LogP contribution is 2.29. The Bertz CT molecular complexity index is 632. The maximum atomic E-state index is 10.6. The van der Waals surface area contributed by atoms with Gasteiger partial charge >= 0.3 is 5.97 Å². The number of carbonyl (C=O) groups is 1. The second-order valence-corrected chi connectivity index (χ2v) is 5.91. The van der Waals surface area contributed by atoms with E-state index in [1.165, 1.54) is 0 Å². The Balaban J connectivity index is 2.46. The van der Waals surface area contributed by atoms with Gasteiger partial charge in [0.05, 0.1) is 16.5 Å². The predicted octanol–water partition coefficient (Wildman–Crippen LogP) is 3.17. The van der Waals surface area contributed by atoms with Crippen molar-refractivity contribution in [1.82, 2.24) is 14.8 Å². The minimum absolute atomic E-state index is 0.0796. The fourth-order valence-corrected chi connectivity index (χ4v) is 2.76. The quantitative estimate of drug-likeness (QED) is 0.846. The smallest absolute Gasteiger partial charge is 0.313 e. The number of hydrogen-bond acceptors (Lipinski definition) is 4. The Kier molecular flexibility index (Phi) is 4.49. The lowest BCUT2D eigenvalue weighted by Crippen LogP contribution is -2.03. The van der Waals surface area contributed by atoms with Crippen LogP contribution in [0.5, 0.6) is 0 Å². The number of aliphatic carboxylic acids is 1. The molecule has 100 valence electrons. The van der Waals surface area contributed by atoms with Gasteiger partial charge in [0.25, 0.3) is 0 Å². The third-order valence-electron chi connectivity index (χ3n) is 2.27. The summed E-state index contributed by atoms with van der Waals surface area (Å²) in [4.78, 5) is 10.6. The van der Waals surface area contributed by atoms with Crippen molar-refractivity contribution >= 4 is 45.3 Å². The van der Waals surface area contributed by atoms with Crippen molar-refractivity contribution < 1.29 is 9.90 Å². The Morgan fingerprint density at radius 3 is 2.95 bits per heavy atom. The minimum Gasteiger partial charge on any atom is -0.481 e. The molecule has 0 atom stereocenters. The highest BCUT2D eigenvalue weighted by Gasteiger charge is 2.15. The first-order valence-electron chi connectivity index (χ1n) is 5.21. The van der Waals surface area contributed by atoms with Gasteiger partial charge in [0.2, 0.25) is 0 Å². The summed E-state index contributed by atoms with van der Waals surface area (Å²) in [5, 5.41) is 17.7. The molecule has 5 nitrogen and oxygen atoms in total. The lowest BCUT2D eigenvalue weighted by atomic mass is 10.3. The summed E-state index contributed by atoms with van der Waals surface area (Å²) in [5.41, 5.74) is 0.714. The fraction of sp³-hybridized carbons (Fsp3) is 0.182. The van der Waals surface area contributed by atoms with E-state index in [0.29, 0.717) is 21.7 Å². The summed E-state index contributed by atoms with van der Waals surface area (Å²) < 4.78 is 2.61. The molecule has 8 heteroatoms. The zero-order valence-electron chi connectivity index (χ0n) is 9.80. The lowest BCUT2D eigenvalue weighted by molar-refractivity contribution is -0.133. The maximum Gasteiger partial charge on any atom is 0.313 e. The molecule has 0 aliphatic carbocycles. The number of halogens is 2. The van der Waals surface area contributed by atoms with Crippen LogP contribution in [0, 0.1) is 6.92 Å². The highest BCUT2D eigenvalue weighted by molar-refractivity contribution is 9.10. The van der Waals surface area contributed by atoms with Crippen LogP contribution in [0.1, 0.15) is 5.82 Å². The first-order chi connectivity index (χ1) is 8.99. The molecule has 0 saturated carbocycles. The topological polar surface area (TPSA) is 68.0 Å². The third kappa shape index (κ3) is 3.29. The largest absolute Gasteiger partial charge is 0.481 e. The molecule has 2 rings (SSSR count). The van der Waals surface area contributed by atoms with Crippen LogP contribution in [-0.2, 0) is 4.79 Å². The van der Waals surface area contributed by atoms with E-state index in [-0.39, 0.29) is 5.75 Å². The summed E-state index contributed by atoms with van der Waals surface area (Å²) in [6, 6.07) is 5.42. The highest BCUT2D eigenvalue weighted by atomic mass is 79.9. The van der Waals surface area contributed by atoms with Crippen LogP contribution < -0.4 is 0 Å². The molecule has 0 bridgehead atoms. The van der Waals surface area contributed by atoms with Gasteiger partial charge in [-0.2, -0.15) is 0 Å². The summed E-state index contributed by atoms with van der Waals surface area (Å²) in [6.07, 6.45) is 0. The van der Waals surface area contributed by atoms with E-state index < -0.39 is 5.97 Å². The van der Waals surface area contributed by atoms with E-state index in [0.717, 1.165) is 16.2 Å². The second-order valence-electron chi connectivity index (χ2n) is 3.64. The van der Waals surface area contributed by atoms with E-state index in [9.17, 15) is 4.79 Å². The van der Waals surface area contributed by atoms with E-state index in [1.807, 2.05) is 12.1 Å². The van der Waals surface area contributed by atoms with Gasteiger partial charge < -0.3 is 5.11 Å². The normalized spacial score (nSPS) is 10.7. The van der Waals surface area contributed by atoms with Gasteiger partial charge in [0, 0.05) is 4.47 Å². The molecule has 0 aliphatic rings. The third-order valence-corrected chi connectivity index (χ3v) is 4.00. The van der Waals surface area contributed by atoms with Crippen molar-refractivity contribution in [2.24, 2.45) is 0 Å². The molecule has 0 unspecified atom stereocenters.